The fourth-order valence-corrected chi connectivity index (χ4v) is 2.43. The number of carbonyl (C=O) groups is 2. The van der Waals surface area contributed by atoms with Gasteiger partial charge in [-0.25, -0.2) is 4.79 Å². The zero-order chi connectivity index (χ0) is 19.2. The Bertz CT molecular complexity index is 935. The summed E-state index contributed by atoms with van der Waals surface area (Å²) in [6, 6.07) is 17.5. The minimum absolute atomic E-state index is 0.00158. The number of carbonyl (C=O) groups excluding carboxylic acids is 2. The van der Waals surface area contributed by atoms with Crippen LogP contribution in [0.2, 0.25) is 0 Å². The van der Waals surface area contributed by atoms with Gasteiger partial charge >= 0.3 is 6.03 Å². The zero-order valence-electron chi connectivity index (χ0n) is 15.0. The number of nitrogens with one attached hydrogen (secondary N) is 3. The van der Waals surface area contributed by atoms with Crippen molar-refractivity contribution >= 4 is 23.3 Å². The first-order chi connectivity index (χ1) is 13.0. The van der Waals surface area contributed by atoms with Crippen molar-refractivity contribution in [2.24, 2.45) is 0 Å². The van der Waals surface area contributed by atoms with Gasteiger partial charge < -0.3 is 20.5 Å². The summed E-state index contributed by atoms with van der Waals surface area (Å²) in [5.41, 5.74) is 1.92. The number of rotatable bonds is 5. The predicted octanol–water partition coefficient (Wildman–Crippen LogP) is 4.12. The average Bonchev–Trinajstić information content (AvgIpc) is 3.14. The SMILES string of the molecule is CC(C)NC(=O)Nc1ccccc1NC(=O)c1cc(-c2ccccc2)on1. The molecule has 3 amide bonds. The molecule has 0 spiro atoms. The van der Waals surface area contributed by atoms with E-state index in [2.05, 4.69) is 21.1 Å². The Morgan fingerprint density at radius 1 is 0.926 bits per heavy atom. The lowest BCUT2D eigenvalue weighted by atomic mass is 10.1. The number of aromatic nitrogens is 1. The third kappa shape index (κ3) is 4.72. The molecule has 7 nitrogen and oxygen atoms in total. The molecule has 0 atom stereocenters. The number of urea groups is 1. The monoisotopic (exact) mass is 364 g/mol. The van der Waals surface area contributed by atoms with Gasteiger partial charge in [-0.15, -0.1) is 0 Å². The first-order valence-electron chi connectivity index (χ1n) is 8.53. The van der Waals surface area contributed by atoms with Gasteiger partial charge in [0, 0.05) is 17.7 Å². The van der Waals surface area contributed by atoms with Gasteiger partial charge in [0.15, 0.2) is 11.5 Å². The second kappa shape index (κ2) is 8.18. The summed E-state index contributed by atoms with van der Waals surface area (Å²) in [6.07, 6.45) is 0. The Hall–Kier alpha value is -3.61. The fraction of sp³-hybridized carbons (Fsp3) is 0.150. The molecule has 27 heavy (non-hydrogen) atoms. The van der Waals surface area contributed by atoms with Crippen LogP contribution in [0.3, 0.4) is 0 Å². The van der Waals surface area contributed by atoms with E-state index in [0.717, 1.165) is 5.56 Å². The molecular weight excluding hydrogens is 344 g/mol. The highest BCUT2D eigenvalue weighted by Gasteiger charge is 2.16. The molecule has 0 fully saturated rings. The summed E-state index contributed by atoms with van der Waals surface area (Å²) >= 11 is 0. The molecule has 0 bridgehead atoms. The third-order valence-corrected chi connectivity index (χ3v) is 3.64. The summed E-state index contributed by atoms with van der Waals surface area (Å²) in [5.74, 6) is 0.0721. The van der Waals surface area contributed by atoms with Crippen LogP contribution in [-0.2, 0) is 0 Å². The van der Waals surface area contributed by atoms with Crippen LogP contribution in [0.5, 0.6) is 0 Å². The molecule has 138 valence electrons. The van der Waals surface area contributed by atoms with Crippen LogP contribution >= 0.6 is 0 Å². The van der Waals surface area contributed by atoms with Crippen molar-refractivity contribution in [3.8, 4) is 11.3 Å². The van der Waals surface area contributed by atoms with Crippen LogP contribution in [-0.4, -0.2) is 23.1 Å². The van der Waals surface area contributed by atoms with Crippen molar-refractivity contribution in [1.82, 2.24) is 10.5 Å². The number of nitrogens with zero attached hydrogens (tertiary/aromatic N) is 1. The molecule has 0 unspecified atom stereocenters. The highest BCUT2D eigenvalue weighted by Crippen LogP contribution is 2.23. The topological polar surface area (TPSA) is 96.3 Å². The van der Waals surface area contributed by atoms with E-state index in [1.807, 2.05) is 44.2 Å². The second-order valence-corrected chi connectivity index (χ2v) is 6.20. The Balaban J connectivity index is 1.73. The first kappa shape index (κ1) is 18.2. The molecule has 0 aliphatic carbocycles. The number of hydrogen-bond donors (Lipinski definition) is 3. The van der Waals surface area contributed by atoms with Gasteiger partial charge in [0.1, 0.15) is 0 Å². The molecule has 0 aliphatic heterocycles. The Kier molecular flexibility index (Phi) is 5.51. The van der Waals surface area contributed by atoms with E-state index < -0.39 is 5.91 Å². The Morgan fingerprint density at radius 3 is 2.22 bits per heavy atom. The van der Waals surface area contributed by atoms with Crippen molar-refractivity contribution < 1.29 is 14.1 Å². The van der Waals surface area contributed by atoms with Crippen LogP contribution in [0.4, 0.5) is 16.2 Å². The van der Waals surface area contributed by atoms with Crippen molar-refractivity contribution in [2.45, 2.75) is 19.9 Å². The van der Waals surface area contributed by atoms with E-state index in [1.165, 1.54) is 0 Å². The fourth-order valence-electron chi connectivity index (χ4n) is 2.43. The highest BCUT2D eigenvalue weighted by molar-refractivity contribution is 6.06. The Morgan fingerprint density at radius 2 is 1.56 bits per heavy atom. The molecule has 7 heteroatoms. The van der Waals surface area contributed by atoms with E-state index in [0.29, 0.717) is 17.1 Å². The van der Waals surface area contributed by atoms with Crippen molar-refractivity contribution in [3.63, 3.8) is 0 Å². The highest BCUT2D eigenvalue weighted by atomic mass is 16.5. The standard InChI is InChI=1S/C20H20N4O3/c1-13(2)21-20(26)23-16-11-7-6-10-15(16)22-19(25)17-12-18(27-24-17)14-8-4-3-5-9-14/h3-13H,1-2H3,(H,22,25)(H2,21,23,26). The quantitative estimate of drug-likeness (QED) is 0.634. The van der Waals surface area contributed by atoms with Gasteiger partial charge in [0.25, 0.3) is 5.91 Å². The molecule has 2 aromatic carbocycles. The average molecular weight is 364 g/mol. The number of amides is 3. The van der Waals surface area contributed by atoms with Gasteiger partial charge in [-0.2, -0.15) is 0 Å². The van der Waals surface area contributed by atoms with E-state index >= 15 is 0 Å². The summed E-state index contributed by atoms with van der Waals surface area (Å²) in [6.45, 7) is 3.73. The first-order valence-corrected chi connectivity index (χ1v) is 8.53. The van der Waals surface area contributed by atoms with Crippen molar-refractivity contribution in [1.29, 1.82) is 0 Å². The summed E-state index contributed by atoms with van der Waals surface area (Å²) in [7, 11) is 0. The van der Waals surface area contributed by atoms with E-state index in [1.54, 1.807) is 30.3 Å². The van der Waals surface area contributed by atoms with Gasteiger partial charge in [-0.05, 0) is 26.0 Å². The number of anilines is 2. The predicted molar refractivity (Wildman–Crippen MR) is 104 cm³/mol. The maximum atomic E-state index is 12.5. The molecule has 0 aliphatic rings. The van der Waals surface area contributed by atoms with Crippen molar-refractivity contribution in [3.05, 3.63) is 66.4 Å². The summed E-state index contributed by atoms with van der Waals surface area (Å²) in [4.78, 5) is 24.4. The van der Waals surface area contributed by atoms with Gasteiger partial charge in [0.2, 0.25) is 0 Å². The number of para-hydroxylation sites is 2. The molecule has 3 aromatic rings. The molecule has 0 saturated heterocycles. The molecular formula is C20H20N4O3. The minimum atomic E-state index is -0.431. The second-order valence-electron chi connectivity index (χ2n) is 6.20. The normalized spacial score (nSPS) is 10.5. The molecule has 1 aromatic heterocycles. The molecule has 0 saturated carbocycles. The minimum Gasteiger partial charge on any atom is -0.355 e. The van der Waals surface area contributed by atoms with Crippen molar-refractivity contribution in [2.75, 3.05) is 10.6 Å². The molecule has 1 heterocycles. The molecule has 0 radical (unpaired) electrons. The van der Waals surface area contributed by atoms with Gasteiger partial charge in [0.05, 0.1) is 11.4 Å². The maximum Gasteiger partial charge on any atom is 0.319 e. The van der Waals surface area contributed by atoms with Crippen LogP contribution in [0.15, 0.2) is 65.2 Å². The Labute approximate surface area is 156 Å². The third-order valence-electron chi connectivity index (χ3n) is 3.64. The number of benzene rings is 2. The van der Waals surface area contributed by atoms with Crippen LogP contribution < -0.4 is 16.0 Å². The zero-order valence-corrected chi connectivity index (χ0v) is 15.0. The van der Waals surface area contributed by atoms with E-state index in [9.17, 15) is 9.59 Å². The maximum absolute atomic E-state index is 12.5. The summed E-state index contributed by atoms with van der Waals surface area (Å²) in [5, 5.41) is 12.0. The van der Waals surface area contributed by atoms with Crippen LogP contribution in [0, 0.1) is 0 Å². The van der Waals surface area contributed by atoms with Crippen LogP contribution in [0.25, 0.3) is 11.3 Å². The smallest absolute Gasteiger partial charge is 0.319 e. The summed E-state index contributed by atoms with van der Waals surface area (Å²) < 4.78 is 5.26. The van der Waals surface area contributed by atoms with Gasteiger partial charge in [-0.1, -0.05) is 47.6 Å². The lowest BCUT2D eigenvalue weighted by Gasteiger charge is -2.13. The van der Waals surface area contributed by atoms with Crippen LogP contribution in [0.1, 0.15) is 24.3 Å². The molecule has 3 N–H and O–H groups in total. The lowest BCUT2D eigenvalue weighted by molar-refractivity contribution is 0.101. The largest absolute Gasteiger partial charge is 0.355 e. The molecule has 3 rings (SSSR count). The van der Waals surface area contributed by atoms with E-state index in [-0.39, 0.29) is 17.8 Å². The van der Waals surface area contributed by atoms with Gasteiger partial charge in [-0.3, -0.25) is 4.79 Å². The lowest BCUT2D eigenvalue weighted by Crippen LogP contribution is -2.34. The number of hydrogen-bond acceptors (Lipinski definition) is 4. The van der Waals surface area contributed by atoms with E-state index in [4.69, 9.17) is 4.52 Å².